The molecule has 0 fully saturated rings. The maximum absolute atomic E-state index is 12.8. The molecule has 1 aliphatic rings. The van der Waals surface area contributed by atoms with E-state index in [4.69, 9.17) is 14.2 Å². The first-order chi connectivity index (χ1) is 15.2. The Kier molecular flexibility index (Phi) is 6.26. The van der Waals surface area contributed by atoms with Crippen LogP contribution in [-0.2, 0) is 19.6 Å². The van der Waals surface area contributed by atoms with Crippen LogP contribution in [-0.4, -0.2) is 31.7 Å². The molecule has 31 heavy (non-hydrogen) atoms. The third kappa shape index (κ3) is 4.74. The van der Waals surface area contributed by atoms with Crippen LogP contribution < -0.4 is 19.5 Å². The van der Waals surface area contributed by atoms with Crippen molar-refractivity contribution >= 4 is 11.7 Å². The highest BCUT2D eigenvalue weighted by molar-refractivity contribution is 5.89. The number of hydrogen-bond donors (Lipinski definition) is 1. The van der Waals surface area contributed by atoms with E-state index in [2.05, 4.69) is 5.32 Å². The fourth-order valence-corrected chi connectivity index (χ4v) is 3.70. The number of methoxy groups -OCH3 is 2. The smallest absolute Gasteiger partial charge is 0.322 e. The topological polar surface area (TPSA) is 60.0 Å². The molecule has 0 aromatic heterocycles. The Bertz CT molecular complexity index is 1040. The monoisotopic (exact) mass is 418 g/mol. The number of hydrogen-bond acceptors (Lipinski definition) is 4. The molecule has 3 aromatic rings. The maximum Gasteiger partial charge on any atom is 0.322 e. The zero-order valence-electron chi connectivity index (χ0n) is 17.8. The van der Waals surface area contributed by atoms with Gasteiger partial charge in [0.1, 0.15) is 12.4 Å². The highest BCUT2D eigenvalue weighted by Gasteiger charge is 2.25. The molecule has 0 saturated carbocycles. The van der Waals surface area contributed by atoms with Crippen LogP contribution in [0.3, 0.4) is 0 Å². The number of benzene rings is 3. The van der Waals surface area contributed by atoms with Gasteiger partial charge in [-0.3, -0.25) is 0 Å². The number of anilines is 1. The molecule has 4 rings (SSSR count). The Morgan fingerprint density at radius 3 is 2.45 bits per heavy atom. The molecule has 6 nitrogen and oxygen atoms in total. The van der Waals surface area contributed by atoms with Gasteiger partial charge in [-0.15, -0.1) is 0 Å². The first kappa shape index (κ1) is 20.6. The van der Waals surface area contributed by atoms with E-state index in [1.807, 2.05) is 66.7 Å². The average molecular weight is 418 g/mol. The molecular weight excluding hydrogens is 392 g/mol. The molecule has 0 bridgehead atoms. The predicted molar refractivity (Wildman–Crippen MR) is 120 cm³/mol. The van der Waals surface area contributed by atoms with Gasteiger partial charge in [0.25, 0.3) is 0 Å². The van der Waals surface area contributed by atoms with Crippen molar-refractivity contribution in [1.29, 1.82) is 0 Å². The summed E-state index contributed by atoms with van der Waals surface area (Å²) >= 11 is 0. The van der Waals surface area contributed by atoms with Gasteiger partial charge in [0.15, 0.2) is 11.5 Å². The van der Waals surface area contributed by atoms with Crippen LogP contribution in [0.2, 0.25) is 0 Å². The highest BCUT2D eigenvalue weighted by atomic mass is 16.5. The Hall–Kier alpha value is -3.67. The lowest BCUT2D eigenvalue weighted by molar-refractivity contribution is 0.205. The van der Waals surface area contributed by atoms with E-state index in [0.717, 1.165) is 33.9 Å². The summed E-state index contributed by atoms with van der Waals surface area (Å²) in [5.41, 5.74) is 4.00. The standard InChI is InChI=1S/C25H26N2O4/c1-29-21-11-9-20(10-12-21)26-25(28)27-15-14-22-19(16-27)8-13-23(30-2)24(22)31-17-18-6-4-3-5-7-18/h3-13H,14-17H2,1-2H3,(H,26,28). The van der Waals surface area contributed by atoms with Crippen LogP contribution >= 0.6 is 0 Å². The van der Waals surface area contributed by atoms with Crippen molar-refractivity contribution in [3.63, 3.8) is 0 Å². The molecule has 0 saturated heterocycles. The number of nitrogens with zero attached hydrogens (tertiary/aromatic N) is 1. The number of amides is 2. The average Bonchev–Trinajstić information content (AvgIpc) is 2.83. The fourth-order valence-electron chi connectivity index (χ4n) is 3.70. The van der Waals surface area contributed by atoms with E-state index in [-0.39, 0.29) is 6.03 Å². The second-order valence-electron chi connectivity index (χ2n) is 7.34. The van der Waals surface area contributed by atoms with E-state index < -0.39 is 0 Å². The van der Waals surface area contributed by atoms with Crippen LogP contribution in [0.15, 0.2) is 66.7 Å². The molecule has 1 heterocycles. The SMILES string of the molecule is COc1ccc(NC(=O)N2CCc3c(ccc(OC)c3OCc3ccccc3)C2)cc1. The summed E-state index contributed by atoms with van der Waals surface area (Å²) in [6, 6.07) is 21.1. The fraction of sp³-hybridized carbons (Fsp3) is 0.240. The van der Waals surface area contributed by atoms with Crippen LogP contribution in [0.5, 0.6) is 17.2 Å². The molecule has 2 amide bonds. The maximum atomic E-state index is 12.8. The van der Waals surface area contributed by atoms with E-state index in [1.165, 1.54) is 0 Å². The quantitative estimate of drug-likeness (QED) is 0.620. The Morgan fingerprint density at radius 2 is 1.74 bits per heavy atom. The first-order valence-corrected chi connectivity index (χ1v) is 10.2. The third-order valence-electron chi connectivity index (χ3n) is 5.39. The molecule has 0 unspecified atom stereocenters. The molecule has 3 aromatic carbocycles. The molecular formula is C25H26N2O4. The zero-order valence-corrected chi connectivity index (χ0v) is 17.8. The number of urea groups is 1. The van der Waals surface area contributed by atoms with Gasteiger partial charge >= 0.3 is 6.03 Å². The Labute approximate surface area is 182 Å². The summed E-state index contributed by atoms with van der Waals surface area (Å²) in [7, 11) is 3.26. The number of carbonyl (C=O) groups is 1. The first-order valence-electron chi connectivity index (χ1n) is 10.2. The van der Waals surface area contributed by atoms with Gasteiger partial charge in [-0.05, 0) is 47.9 Å². The van der Waals surface area contributed by atoms with Crippen molar-refractivity contribution in [3.8, 4) is 17.2 Å². The second kappa shape index (κ2) is 9.43. The van der Waals surface area contributed by atoms with Crippen molar-refractivity contribution in [2.24, 2.45) is 0 Å². The van der Waals surface area contributed by atoms with E-state index >= 15 is 0 Å². The Morgan fingerprint density at radius 1 is 0.968 bits per heavy atom. The molecule has 0 radical (unpaired) electrons. The van der Waals surface area contributed by atoms with Crippen LogP contribution in [0.25, 0.3) is 0 Å². The lowest BCUT2D eigenvalue weighted by Gasteiger charge is -2.30. The van der Waals surface area contributed by atoms with Gasteiger partial charge in [0, 0.05) is 24.3 Å². The number of rotatable bonds is 6. The van der Waals surface area contributed by atoms with Gasteiger partial charge in [0.05, 0.1) is 14.2 Å². The largest absolute Gasteiger partial charge is 0.497 e. The van der Waals surface area contributed by atoms with Crippen LogP contribution in [0.1, 0.15) is 16.7 Å². The van der Waals surface area contributed by atoms with Gasteiger partial charge in [-0.25, -0.2) is 4.79 Å². The minimum absolute atomic E-state index is 0.126. The van der Waals surface area contributed by atoms with Crippen LogP contribution in [0, 0.1) is 0 Å². The van der Waals surface area contributed by atoms with Crippen molar-refractivity contribution in [3.05, 3.63) is 83.4 Å². The normalized spacial score (nSPS) is 12.6. The lowest BCUT2D eigenvalue weighted by Crippen LogP contribution is -2.39. The molecule has 0 spiro atoms. The molecule has 160 valence electrons. The Balaban J connectivity index is 1.47. The molecule has 1 aliphatic heterocycles. The second-order valence-corrected chi connectivity index (χ2v) is 7.34. The van der Waals surface area contributed by atoms with Gasteiger partial charge < -0.3 is 24.4 Å². The van der Waals surface area contributed by atoms with Crippen molar-refractivity contribution < 1.29 is 19.0 Å². The summed E-state index contributed by atoms with van der Waals surface area (Å²) < 4.78 is 16.9. The van der Waals surface area contributed by atoms with E-state index in [1.54, 1.807) is 19.1 Å². The van der Waals surface area contributed by atoms with Crippen LogP contribution in [0.4, 0.5) is 10.5 Å². The van der Waals surface area contributed by atoms with Gasteiger partial charge in [-0.2, -0.15) is 0 Å². The minimum Gasteiger partial charge on any atom is -0.497 e. The molecule has 6 heteroatoms. The summed E-state index contributed by atoms with van der Waals surface area (Å²) in [6.07, 6.45) is 0.701. The zero-order chi connectivity index (χ0) is 21.6. The molecule has 1 N–H and O–H groups in total. The van der Waals surface area contributed by atoms with E-state index in [0.29, 0.717) is 31.9 Å². The lowest BCUT2D eigenvalue weighted by atomic mass is 9.98. The summed E-state index contributed by atoms with van der Waals surface area (Å²) in [5.74, 6) is 2.23. The van der Waals surface area contributed by atoms with Crippen molar-refractivity contribution in [1.82, 2.24) is 4.90 Å². The molecule has 0 aliphatic carbocycles. The highest BCUT2D eigenvalue weighted by Crippen LogP contribution is 2.37. The molecule has 0 atom stereocenters. The van der Waals surface area contributed by atoms with Gasteiger partial charge in [0.2, 0.25) is 0 Å². The third-order valence-corrected chi connectivity index (χ3v) is 5.39. The number of carbonyl (C=O) groups excluding carboxylic acids is 1. The minimum atomic E-state index is -0.126. The number of nitrogens with one attached hydrogen (secondary N) is 1. The number of ether oxygens (including phenoxy) is 3. The summed E-state index contributed by atoms with van der Waals surface area (Å²) in [6.45, 7) is 1.59. The predicted octanol–water partition coefficient (Wildman–Crippen LogP) is 4.87. The number of fused-ring (bicyclic) bond motifs is 1. The van der Waals surface area contributed by atoms with E-state index in [9.17, 15) is 4.79 Å². The summed E-state index contributed by atoms with van der Waals surface area (Å²) in [5, 5.41) is 2.95. The van der Waals surface area contributed by atoms with Crippen molar-refractivity contribution in [2.45, 2.75) is 19.6 Å². The van der Waals surface area contributed by atoms with Crippen molar-refractivity contribution in [2.75, 3.05) is 26.1 Å². The summed E-state index contributed by atoms with van der Waals surface area (Å²) in [4.78, 5) is 14.6. The van der Waals surface area contributed by atoms with Gasteiger partial charge in [-0.1, -0.05) is 36.4 Å².